The maximum Gasteiger partial charge on any atom is 0.255 e. The molecular formula is C16H16ClN3O2S. The van der Waals surface area contributed by atoms with E-state index < -0.39 is 0 Å². The Balaban J connectivity index is 1.90. The number of H-pyrrole nitrogens is 1. The first-order chi connectivity index (χ1) is 11.1. The molecule has 1 aromatic carbocycles. The van der Waals surface area contributed by atoms with Gasteiger partial charge in [0.25, 0.3) is 11.5 Å². The van der Waals surface area contributed by atoms with Gasteiger partial charge in [0.05, 0.1) is 29.7 Å². The third-order valence-electron chi connectivity index (χ3n) is 3.77. The van der Waals surface area contributed by atoms with Crippen molar-refractivity contribution in [1.29, 1.82) is 0 Å². The summed E-state index contributed by atoms with van der Waals surface area (Å²) in [5.41, 5.74) is 1.81. The number of nitrogens with zero attached hydrogens (tertiary/aromatic N) is 2. The molecule has 23 heavy (non-hydrogen) atoms. The van der Waals surface area contributed by atoms with Gasteiger partial charge in [0.2, 0.25) is 0 Å². The molecule has 2 heterocycles. The minimum Gasteiger partial charge on any atom is -0.334 e. The second-order valence-electron chi connectivity index (χ2n) is 5.21. The first-order valence-electron chi connectivity index (χ1n) is 7.37. The molecule has 0 unspecified atom stereocenters. The smallest absolute Gasteiger partial charge is 0.255 e. The van der Waals surface area contributed by atoms with Gasteiger partial charge in [0, 0.05) is 22.9 Å². The van der Waals surface area contributed by atoms with E-state index in [9.17, 15) is 9.59 Å². The number of nitrogens with one attached hydrogen (secondary N) is 1. The zero-order valence-electron chi connectivity index (χ0n) is 12.6. The van der Waals surface area contributed by atoms with Crippen molar-refractivity contribution >= 4 is 29.3 Å². The fourth-order valence-electron chi connectivity index (χ4n) is 2.65. The Kier molecular flexibility index (Phi) is 4.73. The molecule has 1 aromatic heterocycles. The molecular weight excluding hydrogens is 334 g/mol. The van der Waals surface area contributed by atoms with E-state index >= 15 is 0 Å². The molecule has 0 atom stereocenters. The highest BCUT2D eigenvalue weighted by Gasteiger charge is 2.25. The maximum atomic E-state index is 12.9. The number of benzene rings is 1. The Bertz CT molecular complexity index is 806. The summed E-state index contributed by atoms with van der Waals surface area (Å²) in [6.07, 6.45) is 2.00. The van der Waals surface area contributed by atoms with Crippen LogP contribution in [-0.4, -0.2) is 33.1 Å². The van der Waals surface area contributed by atoms with Crippen LogP contribution in [0.25, 0.3) is 0 Å². The van der Waals surface area contributed by atoms with E-state index in [0.29, 0.717) is 29.1 Å². The molecule has 0 spiro atoms. The topological polar surface area (TPSA) is 66.1 Å². The van der Waals surface area contributed by atoms with Gasteiger partial charge in [0.15, 0.2) is 0 Å². The Hall–Kier alpha value is -1.79. The van der Waals surface area contributed by atoms with Crippen LogP contribution in [0, 0.1) is 0 Å². The molecule has 0 radical (unpaired) electrons. The van der Waals surface area contributed by atoms with Gasteiger partial charge >= 0.3 is 0 Å². The van der Waals surface area contributed by atoms with Crippen LogP contribution in [0.2, 0.25) is 5.02 Å². The summed E-state index contributed by atoms with van der Waals surface area (Å²) in [6, 6.07) is 5.29. The second kappa shape index (κ2) is 6.76. The van der Waals surface area contributed by atoms with Crippen molar-refractivity contribution in [2.24, 2.45) is 0 Å². The summed E-state index contributed by atoms with van der Waals surface area (Å²) in [4.78, 5) is 34.1. The molecule has 0 fully saturated rings. The van der Waals surface area contributed by atoms with Crippen LogP contribution < -0.4 is 5.56 Å². The molecule has 5 nitrogen and oxygen atoms in total. The van der Waals surface area contributed by atoms with Crippen LogP contribution in [0.4, 0.5) is 0 Å². The van der Waals surface area contributed by atoms with Gasteiger partial charge < -0.3 is 9.88 Å². The van der Waals surface area contributed by atoms with E-state index in [-0.39, 0.29) is 18.0 Å². The molecule has 2 aromatic rings. The van der Waals surface area contributed by atoms with Crippen LogP contribution in [0.5, 0.6) is 0 Å². The molecule has 0 aliphatic carbocycles. The molecule has 3 rings (SSSR count). The lowest BCUT2D eigenvalue weighted by Crippen LogP contribution is -2.39. The van der Waals surface area contributed by atoms with Gasteiger partial charge in [-0.2, -0.15) is 0 Å². The fraction of sp³-hybridized carbons (Fsp3) is 0.312. The maximum absolute atomic E-state index is 12.9. The third-order valence-corrected chi connectivity index (χ3v) is 4.94. The molecule has 1 aliphatic heterocycles. The van der Waals surface area contributed by atoms with E-state index in [1.807, 2.05) is 13.0 Å². The van der Waals surface area contributed by atoms with Crippen molar-refractivity contribution in [2.75, 3.05) is 12.3 Å². The van der Waals surface area contributed by atoms with Gasteiger partial charge in [-0.3, -0.25) is 9.59 Å². The number of halogens is 1. The first kappa shape index (κ1) is 16.1. The number of hydrogen-bond acceptors (Lipinski definition) is 4. The van der Waals surface area contributed by atoms with Crippen molar-refractivity contribution in [3.05, 3.63) is 56.7 Å². The van der Waals surface area contributed by atoms with E-state index in [0.717, 1.165) is 16.3 Å². The predicted molar refractivity (Wildman–Crippen MR) is 91.2 cm³/mol. The van der Waals surface area contributed by atoms with Gasteiger partial charge in [-0.25, -0.2) is 4.98 Å². The van der Waals surface area contributed by atoms with Crippen LogP contribution in [-0.2, 0) is 13.0 Å². The lowest BCUT2D eigenvalue weighted by Gasteiger charge is -2.28. The predicted octanol–water partition coefficient (Wildman–Crippen LogP) is 2.73. The number of rotatable bonds is 3. The Morgan fingerprint density at radius 1 is 1.48 bits per heavy atom. The molecule has 0 saturated heterocycles. The van der Waals surface area contributed by atoms with Gasteiger partial charge in [-0.1, -0.05) is 18.5 Å². The van der Waals surface area contributed by atoms with Crippen LogP contribution in [0.15, 0.2) is 34.2 Å². The molecule has 0 bridgehead atoms. The van der Waals surface area contributed by atoms with Crippen LogP contribution >= 0.6 is 23.4 Å². The molecule has 120 valence electrons. The molecule has 1 aliphatic rings. The Morgan fingerprint density at radius 2 is 2.30 bits per heavy atom. The number of carbonyl (C=O) groups is 1. The third kappa shape index (κ3) is 3.28. The molecule has 1 N–H and O–H groups in total. The molecule has 7 heteroatoms. The Morgan fingerprint density at radius 3 is 3.09 bits per heavy atom. The van der Waals surface area contributed by atoms with Crippen molar-refractivity contribution < 1.29 is 4.79 Å². The summed E-state index contributed by atoms with van der Waals surface area (Å²) in [5.74, 6) is 0.777. The lowest BCUT2D eigenvalue weighted by atomic mass is 10.1. The van der Waals surface area contributed by atoms with Gasteiger partial charge in [-0.05, 0) is 24.0 Å². The zero-order valence-corrected chi connectivity index (χ0v) is 14.2. The summed E-state index contributed by atoms with van der Waals surface area (Å²) in [6.45, 7) is 2.87. The second-order valence-corrected chi connectivity index (χ2v) is 6.95. The average Bonchev–Trinajstić information content (AvgIpc) is 2.55. The van der Waals surface area contributed by atoms with E-state index in [1.54, 1.807) is 28.8 Å². The van der Waals surface area contributed by atoms with E-state index in [1.165, 1.54) is 6.33 Å². The van der Waals surface area contributed by atoms with E-state index in [2.05, 4.69) is 9.97 Å². The van der Waals surface area contributed by atoms with Crippen molar-refractivity contribution in [2.45, 2.75) is 24.8 Å². The minimum absolute atomic E-state index is 0.0773. The van der Waals surface area contributed by atoms with Crippen LogP contribution in [0.3, 0.4) is 0 Å². The molecule has 0 saturated carbocycles. The highest BCUT2D eigenvalue weighted by atomic mass is 35.5. The lowest BCUT2D eigenvalue weighted by molar-refractivity contribution is 0.0729. The number of aromatic amines is 1. The largest absolute Gasteiger partial charge is 0.334 e. The quantitative estimate of drug-likeness (QED) is 0.865. The summed E-state index contributed by atoms with van der Waals surface area (Å²) in [5, 5.41) is 0.613. The average molecular weight is 350 g/mol. The first-order valence-corrected chi connectivity index (χ1v) is 8.73. The fourth-order valence-corrected chi connectivity index (χ4v) is 3.71. The monoisotopic (exact) mass is 349 g/mol. The normalized spacial score (nSPS) is 13.7. The SMILES string of the molecule is CCSc1cc(Cl)ccc1C(=O)N1CCc2nc[nH]c(=O)c2C1. The minimum atomic E-state index is -0.174. The van der Waals surface area contributed by atoms with E-state index in [4.69, 9.17) is 11.6 Å². The summed E-state index contributed by atoms with van der Waals surface area (Å²) in [7, 11) is 0. The highest BCUT2D eigenvalue weighted by Crippen LogP contribution is 2.28. The standard InChI is InChI=1S/C16H16ClN3O2S/c1-2-23-14-7-10(17)3-4-11(14)16(22)20-6-5-13-12(8-20)15(21)19-9-18-13/h3-4,7,9H,2,5-6,8H2,1H3,(H,18,19,21). The summed E-state index contributed by atoms with van der Waals surface area (Å²) < 4.78 is 0. The Labute approximate surface area is 143 Å². The number of aromatic nitrogens is 2. The molecule has 1 amide bonds. The van der Waals surface area contributed by atoms with Crippen molar-refractivity contribution in [1.82, 2.24) is 14.9 Å². The number of carbonyl (C=O) groups excluding carboxylic acids is 1. The van der Waals surface area contributed by atoms with Gasteiger partial charge in [0.1, 0.15) is 0 Å². The number of amides is 1. The number of thioether (sulfide) groups is 1. The highest BCUT2D eigenvalue weighted by molar-refractivity contribution is 7.99. The number of hydrogen-bond donors (Lipinski definition) is 1. The van der Waals surface area contributed by atoms with Gasteiger partial charge in [-0.15, -0.1) is 11.8 Å². The number of fused-ring (bicyclic) bond motifs is 1. The summed E-state index contributed by atoms with van der Waals surface area (Å²) >= 11 is 7.62. The van der Waals surface area contributed by atoms with Crippen molar-refractivity contribution in [3.63, 3.8) is 0 Å². The zero-order chi connectivity index (χ0) is 16.4. The van der Waals surface area contributed by atoms with Crippen LogP contribution in [0.1, 0.15) is 28.5 Å². The van der Waals surface area contributed by atoms with Crippen molar-refractivity contribution in [3.8, 4) is 0 Å².